The van der Waals surface area contributed by atoms with E-state index in [0.717, 1.165) is 22.3 Å². The third-order valence-corrected chi connectivity index (χ3v) is 4.47. The van der Waals surface area contributed by atoms with Crippen molar-refractivity contribution < 1.29 is 29.0 Å². The van der Waals surface area contributed by atoms with Crippen LogP contribution >= 0.6 is 0 Å². The summed E-state index contributed by atoms with van der Waals surface area (Å²) >= 11 is 0. The number of hydrazine groups is 1. The van der Waals surface area contributed by atoms with Gasteiger partial charge in [0.05, 0.1) is 0 Å². The molecule has 0 atom stereocenters. The Bertz CT molecular complexity index is 921. The fourth-order valence-corrected chi connectivity index (χ4v) is 3.37. The summed E-state index contributed by atoms with van der Waals surface area (Å²) in [6, 6.07) is 15.7. The van der Waals surface area contributed by atoms with Gasteiger partial charge in [-0.25, -0.2) is 20.0 Å². The first kappa shape index (κ1) is 21.2. The second-order valence-corrected chi connectivity index (χ2v) is 7.90. The van der Waals surface area contributed by atoms with E-state index in [9.17, 15) is 14.4 Å². The zero-order valence-electron chi connectivity index (χ0n) is 17.0. The lowest BCUT2D eigenvalue weighted by atomic mass is 9.98. The lowest BCUT2D eigenvalue weighted by Gasteiger charge is -2.25. The van der Waals surface area contributed by atoms with Crippen LogP contribution in [0.2, 0.25) is 0 Å². The van der Waals surface area contributed by atoms with Gasteiger partial charge in [0.1, 0.15) is 18.8 Å². The predicted molar refractivity (Wildman–Crippen MR) is 109 cm³/mol. The molecular formula is C22H24N2O6. The Balaban J connectivity index is 1.72. The summed E-state index contributed by atoms with van der Waals surface area (Å²) in [5.41, 5.74) is 5.52. The van der Waals surface area contributed by atoms with Crippen LogP contribution in [-0.2, 0) is 14.3 Å². The number of ether oxygens (including phenoxy) is 2. The summed E-state index contributed by atoms with van der Waals surface area (Å²) < 4.78 is 10.5. The number of aliphatic carboxylic acids is 1. The number of hydrogen-bond acceptors (Lipinski definition) is 5. The fourth-order valence-electron chi connectivity index (χ4n) is 3.37. The van der Waals surface area contributed by atoms with Gasteiger partial charge >= 0.3 is 18.2 Å². The van der Waals surface area contributed by atoms with E-state index in [4.69, 9.17) is 14.6 Å². The molecule has 1 aliphatic rings. The van der Waals surface area contributed by atoms with Crippen molar-refractivity contribution in [3.05, 3.63) is 59.7 Å². The zero-order chi connectivity index (χ0) is 21.9. The molecule has 0 aliphatic heterocycles. The number of carboxylic acid groups (broad SMARTS) is 1. The average Bonchev–Trinajstić information content (AvgIpc) is 2.98. The number of carbonyl (C=O) groups is 3. The molecule has 2 aromatic rings. The van der Waals surface area contributed by atoms with Gasteiger partial charge in [-0.15, -0.1) is 0 Å². The SMILES string of the molecule is CC(C)(C)OC(=O)NN(CC(=O)O)C(=O)OCC1c2ccccc2-c2ccccc21. The molecule has 8 heteroatoms. The highest BCUT2D eigenvalue weighted by Crippen LogP contribution is 2.44. The van der Waals surface area contributed by atoms with Crippen LogP contribution < -0.4 is 5.43 Å². The molecule has 0 saturated carbocycles. The number of rotatable bonds is 4. The molecule has 0 heterocycles. The van der Waals surface area contributed by atoms with Crippen molar-refractivity contribution in [1.29, 1.82) is 0 Å². The second-order valence-electron chi connectivity index (χ2n) is 7.90. The molecule has 30 heavy (non-hydrogen) atoms. The van der Waals surface area contributed by atoms with Crippen LogP contribution in [0, 0.1) is 0 Å². The molecule has 1 aliphatic carbocycles. The summed E-state index contributed by atoms with van der Waals surface area (Å²) in [6.07, 6.45) is -1.93. The molecule has 2 aromatic carbocycles. The molecule has 0 bridgehead atoms. The van der Waals surface area contributed by atoms with E-state index >= 15 is 0 Å². The number of benzene rings is 2. The monoisotopic (exact) mass is 412 g/mol. The third kappa shape index (κ3) is 4.89. The standard InChI is InChI=1S/C22H24N2O6/c1-22(2,3)30-20(27)23-24(12-19(25)26)21(28)29-13-18-16-10-6-4-8-14(16)15-9-5-7-11-17(15)18/h4-11,18H,12-13H2,1-3H3,(H,23,27)(H,25,26). The molecule has 0 fully saturated rings. The van der Waals surface area contributed by atoms with Crippen LogP contribution in [-0.4, -0.2) is 47.0 Å². The van der Waals surface area contributed by atoms with Crippen LogP contribution in [0.15, 0.2) is 48.5 Å². The Morgan fingerprint density at radius 2 is 1.53 bits per heavy atom. The lowest BCUT2D eigenvalue weighted by molar-refractivity contribution is -0.138. The smallest absolute Gasteiger partial charge is 0.429 e. The minimum atomic E-state index is -1.31. The number of nitrogens with zero attached hydrogens (tertiary/aromatic N) is 1. The first-order valence-electron chi connectivity index (χ1n) is 9.49. The minimum absolute atomic E-state index is 0.00101. The first-order chi connectivity index (χ1) is 14.2. The normalized spacial score (nSPS) is 12.5. The molecule has 0 unspecified atom stereocenters. The lowest BCUT2D eigenvalue weighted by Crippen LogP contribution is -2.50. The number of hydrogen-bond donors (Lipinski definition) is 2. The van der Waals surface area contributed by atoms with Crippen LogP contribution in [0.3, 0.4) is 0 Å². The van der Waals surface area contributed by atoms with Crippen LogP contribution in [0.1, 0.15) is 37.8 Å². The predicted octanol–water partition coefficient (Wildman–Crippen LogP) is 3.76. The Morgan fingerprint density at radius 1 is 1.00 bits per heavy atom. The van der Waals surface area contributed by atoms with E-state index in [2.05, 4.69) is 5.43 Å². The van der Waals surface area contributed by atoms with Gasteiger partial charge < -0.3 is 14.6 Å². The third-order valence-electron chi connectivity index (χ3n) is 4.47. The van der Waals surface area contributed by atoms with Gasteiger partial charge in [-0.3, -0.25) is 4.79 Å². The summed E-state index contributed by atoms with van der Waals surface area (Å²) in [6.45, 7) is 4.19. The molecular weight excluding hydrogens is 388 g/mol. The quantitative estimate of drug-likeness (QED) is 0.741. The second kappa shape index (κ2) is 8.44. The number of fused-ring (bicyclic) bond motifs is 3. The summed E-state index contributed by atoms with van der Waals surface area (Å²) in [5.74, 6) is -1.49. The number of carbonyl (C=O) groups excluding carboxylic acids is 2. The van der Waals surface area contributed by atoms with Crippen molar-refractivity contribution in [1.82, 2.24) is 10.4 Å². The molecule has 8 nitrogen and oxygen atoms in total. The van der Waals surface area contributed by atoms with Crippen molar-refractivity contribution in [2.45, 2.75) is 32.3 Å². The van der Waals surface area contributed by atoms with Crippen LogP contribution in [0.25, 0.3) is 11.1 Å². The average molecular weight is 412 g/mol. The maximum absolute atomic E-state index is 12.5. The van der Waals surface area contributed by atoms with E-state index in [1.54, 1.807) is 20.8 Å². The Labute approximate surface area is 174 Å². The topological polar surface area (TPSA) is 105 Å². The number of amides is 2. The summed E-state index contributed by atoms with van der Waals surface area (Å²) in [4.78, 5) is 35.6. The van der Waals surface area contributed by atoms with Crippen LogP contribution in [0.4, 0.5) is 9.59 Å². The molecule has 0 saturated heterocycles. The van der Waals surface area contributed by atoms with Gasteiger partial charge in [-0.2, -0.15) is 0 Å². The largest absolute Gasteiger partial charge is 0.480 e. The zero-order valence-corrected chi connectivity index (χ0v) is 17.0. The highest BCUT2D eigenvalue weighted by Gasteiger charge is 2.30. The van der Waals surface area contributed by atoms with Gasteiger partial charge in [0.25, 0.3) is 0 Å². The van der Waals surface area contributed by atoms with Gasteiger partial charge in [-0.05, 0) is 43.0 Å². The maximum atomic E-state index is 12.5. The fraction of sp³-hybridized carbons (Fsp3) is 0.318. The molecule has 2 N–H and O–H groups in total. The van der Waals surface area contributed by atoms with E-state index in [1.807, 2.05) is 48.5 Å². The highest BCUT2D eigenvalue weighted by molar-refractivity contribution is 5.81. The van der Waals surface area contributed by atoms with Crippen LogP contribution in [0.5, 0.6) is 0 Å². The molecule has 0 spiro atoms. The molecule has 158 valence electrons. The Morgan fingerprint density at radius 3 is 2.03 bits per heavy atom. The first-order valence-corrected chi connectivity index (χ1v) is 9.49. The van der Waals surface area contributed by atoms with E-state index in [1.165, 1.54) is 0 Å². The van der Waals surface area contributed by atoms with Gasteiger partial charge in [0, 0.05) is 5.92 Å². The Kier molecular flexibility index (Phi) is 5.96. The van der Waals surface area contributed by atoms with Crippen molar-refractivity contribution in [2.24, 2.45) is 0 Å². The number of carboxylic acids is 1. The van der Waals surface area contributed by atoms with Gasteiger partial charge in [0.2, 0.25) is 0 Å². The van der Waals surface area contributed by atoms with Crippen molar-refractivity contribution in [3.63, 3.8) is 0 Å². The van der Waals surface area contributed by atoms with E-state index in [-0.39, 0.29) is 12.5 Å². The maximum Gasteiger partial charge on any atom is 0.429 e. The summed E-state index contributed by atoms with van der Waals surface area (Å²) in [7, 11) is 0. The van der Waals surface area contributed by atoms with Crippen molar-refractivity contribution in [2.75, 3.05) is 13.2 Å². The molecule has 3 rings (SSSR count). The van der Waals surface area contributed by atoms with Crippen molar-refractivity contribution >= 4 is 18.2 Å². The molecule has 0 radical (unpaired) electrons. The van der Waals surface area contributed by atoms with E-state index in [0.29, 0.717) is 5.01 Å². The van der Waals surface area contributed by atoms with Gasteiger partial charge in [0.15, 0.2) is 0 Å². The molecule has 2 amide bonds. The van der Waals surface area contributed by atoms with Gasteiger partial charge in [-0.1, -0.05) is 48.5 Å². The Hall–Kier alpha value is -3.55. The molecule has 0 aromatic heterocycles. The minimum Gasteiger partial charge on any atom is -0.480 e. The number of nitrogens with one attached hydrogen (secondary N) is 1. The highest BCUT2D eigenvalue weighted by atomic mass is 16.6. The van der Waals surface area contributed by atoms with E-state index < -0.39 is 30.3 Å². The summed E-state index contributed by atoms with van der Waals surface area (Å²) in [5, 5.41) is 9.66. The van der Waals surface area contributed by atoms with Crippen molar-refractivity contribution in [3.8, 4) is 11.1 Å².